The summed E-state index contributed by atoms with van der Waals surface area (Å²) in [4.78, 5) is 17.1. The van der Waals surface area contributed by atoms with Gasteiger partial charge in [-0.05, 0) is 42.5 Å². The first-order valence-corrected chi connectivity index (χ1v) is 8.91. The highest BCUT2D eigenvalue weighted by Gasteiger charge is 2.09. The van der Waals surface area contributed by atoms with E-state index in [-0.39, 0.29) is 5.56 Å². The van der Waals surface area contributed by atoms with Crippen LogP contribution < -0.4 is 5.56 Å². The fraction of sp³-hybridized carbons (Fsp3) is 0.143. The lowest BCUT2D eigenvalue weighted by Crippen LogP contribution is -2.15. The number of halogens is 1. The molecule has 0 bridgehead atoms. The molecule has 1 N–H and O–H groups in total. The number of nitrogens with one attached hydrogen (secondary N) is 1. The molecule has 26 heavy (non-hydrogen) atoms. The molecular weight excluding hydrogens is 346 g/mol. The summed E-state index contributed by atoms with van der Waals surface area (Å²) in [7, 11) is 0. The maximum atomic E-state index is 12.4. The number of nitrogens with zero attached hydrogens (tertiary/aromatic N) is 2. The van der Waals surface area contributed by atoms with Gasteiger partial charge in [-0.1, -0.05) is 54.1 Å². The van der Waals surface area contributed by atoms with Crippen molar-refractivity contribution in [1.82, 2.24) is 14.6 Å². The Morgan fingerprint density at radius 1 is 1.04 bits per heavy atom. The normalized spacial score (nSPS) is 11.2. The lowest BCUT2D eigenvalue weighted by Gasteiger charge is -2.07. The van der Waals surface area contributed by atoms with Gasteiger partial charge in [-0.15, -0.1) is 0 Å². The lowest BCUT2D eigenvalue weighted by molar-refractivity contribution is 0.851. The second-order valence-electron chi connectivity index (χ2n) is 6.34. The summed E-state index contributed by atoms with van der Waals surface area (Å²) < 4.78 is 1.48. The van der Waals surface area contributed by atoms with Crippen LogP contribution in [0.3, 0.4) is 0 Å². The molecule has 0 saturated heterocycles. The molecule has 2 heterocycles. The molecule has 0 aliphatic rings. The number of rotatable bonds is 4. The average Bonchev–Trinajstić information content (AvgIpc) is 3.08. The quantitative estimate of drug-likeness (QED) is 0.583. The molecule has 4 nitrogen and oxygen atoms in total. The van der Waals surface area contributed by atoms with Gasteiger partial charge < -0.3 is 0 Å². The summed E-state index contributed by atoms with van der Waals surface area (Å²) >= 11 is 6.19. The minimum atomic E-state index is -0.102. The van der Waals surface area contributed by atoms with Gasteiger partial charge in [0, 0.05) is 22.8 Å². The van der Waals surface area contributed by atoms with E-state index in [0.29, 0.717) is 12.1 Å². The molecule has 0 amide bonds. The number of hydrogen-bond acceptors (Lipinski definition) is 2. The zero-order valence-corrected chi connectivity index (χ0v) is 15.1. The van der Waals surface area contributed by atoms with E-state index >= 15 is 0 Å². The van der Waals surface area contributed by atoms with Gasteiger partial charge in [0.25, 0.3) is 5.56 Å². The van der Waals surface area contributed by atoms with Gasteiger partial charge in [0.15, 0.2) is 5.65 Å². The summed E-state index contributed by atoms with van der Waals surface area (Å²) in [6.07, 6.45) is 1.49. The van der Waals surface area contributed by atoms with E-state index in [4.69, 9.17) is 11.6 Å². The van der Waals surface area contributed by atoms with Crippen LogP contribution in [-0.2, 0) is 12.8 Å². The number of H-pyrrole nitrogens is 1. The van der Waals surface area contributed by atoms with Crippen LogP contribution in [0.25, 0.3) is 16.9 Å². The predicted octanol–water partition coefficient (Wildman–Crippen LogP) is 4.44. The largest absolute Gasteiger partial charge is 0.289 e. The van der Waals surface area contributed by atoms with E-state index in [1.165, 1.54) is 10.1 Å². The molecule has 130 valence electrons. The molecule has 0 unspecified atom stereocenters. The second kappa shape index (κ2) is 6.81. The van der Waals surface area contributed by atoms with Gasteiger partial charge >= 0.3 is 0 Å². The van der Waals surface area contributed by atoms with Crippen molar-refractivity contribution in [2.24, 2.45) is 0 Å². The molecule has 0 saturated carbocycles. The topological polar surface area (TPSA) is 50.2 Å². The van der Waals surface area contributed by atoms with Crippen LogP contribution in [0.5, 0.6) is 0 Å². The van der Waals surface area contributed by atoms with Crippen LogP contribution in [0.4, 0.5) is 0 Å². The van der Waals surface area contributed by atoms with Crippen LogP contribution in [0.15, 0.2) is 65.5 Å². The Labute approximate surface area is 156 Å². The summed E-state index contributed by atoms with van der Waals surface area (Å²) in [5.74, 6) is 0. The Morgan fingerprint density at radius 2 is 1.85 bits per heavy atom. The molecule has 0 aliphatic heterocycles. The van der Waals surface area contributed by atoms with Crippen molar-refractivity contribution in [2.75, 3.05) is 0 Å². The molecule has 0 atom stereocenters. The van der Waals surface area contributed by atoms with Gasteiger partial charge in [0.2, 0.25) is 0 Å². The smallest absolute Gasteiger partial charge is 0.272 e. The van der Waals surface area contributed by atoms with Crippen LogP contribution in [0.2, 0.25) is 5.02 Å². The van der Waals surface area contributed by atoms with Crippen molar-refractivity contribution in [3.63, 3.8) is 0 Å². The SMILES string of the molecule is Cc1c(Cl)cccc1CCc1cc(=O)n2[nH]c(-c3ccccc3)cc2n1. The Bertz CT molecular complexity index is 1130. The Hall–Kier alpha value is -2.85. The van der Waals surface area contributed by atoms with Crippen molar-refractivity contribution in [2.45, 2.75) is 19.8 Å². The first kappa shape index (κ1) is 16.6. The number of aromatic nitrogens is 3. The molecule has 4 aromatic rings. The number of fused-ring (bicyclic) bond motifs is 1. The minimum absolute atomic E-state index is 0.102. The third-order valence-corrected chi connectivity index (χ3v) is 5.03. The molecule has 5 heteroatoms. The molecule has 0 aliphatic carbocycles. The zero-order chi connectivity index (χ0) is 18.1. The maximum absolute atomic E-state index is 12.4. The monoisotopic (exact) mass is 363 g/mol. The van der Waals surface area contributed by atoms with Gasteiger partial charge in [0.05, 0.1) is 5.69 Å². The van der Waals surface area contributed by atoms with Gasteiger partial charge in [-0.3, -0.25) is 9.89 Å². The number of aryl methyl sites for hydroxylation is 2. The molecule has 0 spiro atoms. The van der Waals surface area contributed by atoms with Crippen molar-refractivity contribution in [1.29, 1.82) is 0 Å². The highest BCUT2D eigenvalue weighted by Crippen LogP contribution is 2.21. The summed E-state index contributed by atoms with van der Waals surface area (Å²) in [5, 5.41) is 3.89. The van der Waals surface area contributed by atoms with E-state index in [0.717, 1.165) is 34.0 Å². The van der Waals surface area contributed by atoms with Crippen LogP contribution in [0.1, 0.15) is 16.8 Å². The average molecular weight is 364 g/mol. The summed E-state index contributed by atoms with van der Waals surface area (Å²) in [6, 6.07) is 19.3. The van der Waals surface area contributed by atoms with Gasteiger partial charge in [-0.25, -0.2) is 9.50 Å². The van der Waals surface area contributed by atoms with E-state index < -0.39 is 0 Å². The van der Waals surface area contributed by atoms with Crippen molar-refractivity contribution < 1.29 is 0 Å². The maximum Gasteiger partial charge on any atom is 0.272 e. The van der Waals surface area contributed by atoms with E-state index in [9.17, 15) is 4.79 Å². The summed E-state index contributed by atoms with van der Waals surface area (Å²) in [6.45, 7) is 2.02. The third-order valence-electron chi connectivity index (χ3n) is 4.62. The number of hydrogen-bond donors (Lipinski definition) is 1. The van der Waals surface area contributed by atoms with Crippen LogP contribution >= 0.6 is 11.6 Å². The van der Waals surface area contributed by atoms with E-state index in [1.54, 1.807) is 6.07 Å². The Balaban J connectivity index is 1.65. The van der Waals surface area contributed by atoms with Crippen molar-refractivity contribution in [3.05, 3.63) is 92.9 Å². The molecule has 0 fully saturated rings. The Kier molecular flexibility index (Phi) is 4.35. The van der Waals surface area contributed by atoms with Crippen LogP contribution in [0, 0.1) is 6.92 Å². The molecular formula is C21H18ClN3O. The van der Waals surface area contributed by atoms with Gasteiger partial charge in [-0.2, -0.15) is 0 Å². The molecule has 2 aromatic heterocycles. The predicted molar refractivity (Wildman–Crippen MR) is 105 cm³/mol. The number of benzene rings is 2. The first-order chi connectivity index (χ1) is 12.6. The fourth-order valence-corrected chi connectivity index (χ4v) is 3.31. The molecule has 2 aromatic carbocycles. The number of aromatic amines is 1. The standard InChI is InChI=1S/C21H18ClN3O/c1-14-15(8-5-9-18(14)22)10-11-17-12-21(26)25-20(23-17)13-19(24-25)16-6-3-2-4-7-16/h2-9,12-13,24H,10-11H2,1H3. The van der Waals surface area contributed by atoms with Crippen molar-refractivity contribution in [3.8, 4) is 11.3 Å². The minimum Gasteiger partial charge on any atom is -0.289 e. The second-order valence-corrected chi connectivity index (χ2v) is 6.75. The molecule has 4 rings (SSSR count). The fourth-order valence-electron chi connectivity index (χ4n) is 3.12. The third kappa shape index (κ3) is 3.16. The van der Waals surface area contributed by atoms with E-state index in [2.05, 4.69) is 16.1 Å². The Morgan fingerprint density at radius 3 is 2.65 bits per heavy atom. The highest BCUT2D eigenvalue weighted by atomic mass is 35.5. The van der Waals surface area contributed by atoms with Gasteiger partial charge in [0.1, 0.15) is 0 Å². The zero-order valence-electron chi connectivity index (χ0n) is 14.4. The van der Waals surface area contributed by atoms with E-state index in [1.807, 2.05) is 55.5 Å². The molecule has 0 radical (unpaired) electrons. The lowest BCUT2D eigenvalue weighted by atomic mass is 10.0. The first-order valence-electron chi connectivity index (χ1n) is 8.53. The highest BCUT2D eigenvalue weighted by molar-refractivity contribution is 6.31. The van der Waals surface area contributed by atoms with Crippen molar-refractivity contribution >= 4 is 17.2 Å². The van der Waals surface area contributed by atoms with Crippen LogP contribution in [-0.4, -0.2) is 14.6 Å². The summed E-state index contributed by atoms with van der Waals surface area (Å²) in [5.41, 5.74) is 5.47.